The molecule has 0 fully saturated rings. The van der Waals surface area contributed by atoms with Gasteiger partial charge >= 0.3 is 17.9 Å². The average molecular weight is 990 g/mol. The minimum atomic E-state index is -0.764. The summed E-state index contributed by atoms with van der Waals surface area (Å²) in [4.78, 5) is 38.3. The van der Waals surface area contributed by atoms with Crippen LogP contribution in [-0.2, 0) is 28.6 Å². The van der Waals surface area contributed by atoms with Gasteiger partial charge < -0.3 is 14.2 Å². The van der Waals surface area contributed by atoms with Crippen molar-refractivity contribution in [1.82, 2.24) is 0 Å². The summed E-state index contributed by atoms with van der Waals surface area (Å²) in [6, 6.07) is 0. The number of hydrogen-bond acceptors (Lipinski definition) is 6. The quantitative estimate of drug-likeness (QED) is 0.0343. The number of carbonyl (C=O) groups excluding carboxylic acids is 3. The Labute approximate surface area is 438 Å². The Balaban J connectivity index is 4.28. The Kier molecular flexibility index (Phi) is 55.4. The fraction of sp³-hybridized carbons (Fsp3) is 0.953. The number of rotatable bonds is 58. The minimum Gasteiger partial charge on any atom is -0.462 e. The lowest BCUT2D eigenvalue weighted by molar-refractivity contribution is -0.167. The molecule has 0 N–H and O–H groups in total. The van der Waals surface area contributed by atoms with Gasteiger partial charge in [0.25, 0.3) is 0 Å². The predicted molar refractivity (Wildman–Crippen MR) is 303 cm³/mol. The number of esters is 3. The van der Waals surface area contributed by atoms with Crippen LogP contribution in [0.3, 0.4) is 0 Å². The van der Waals surface area contributed by atoms with Crippen LogP contribution in [0.15, 0.2) is 0 Å². The maximum absolute atomic E-state index is 12.9. The zero-order valence-corrected chi connectivity index (χ0v) is 48.2. The molecule has 70 heavy (non-hydrogen) atoms. The molecule has 0 aromatic heterocycles. The van der Waals surface area contributed by atoms with Crippen molar-refractivity contribution in [2.45, 2.75) is 368 Å². The fourth-order valence-corrected chi connectivity index (χ4v) is 9.93. The molecule has 0 bridgehead atoms. The van der Waals surface area contributed by atoms with E-state index in [-0.39, 0.29) is 31.1 Å². The normalized spacial score (nSPS) is 12.0. The van der Waals surface area contributed by atoms with Gasteiger partial charge in [0.1, 0.15) is 13.2 Å². The van der Waals surface area contributed by atoms with Crippen molar-refractivity contribution in [3.05, 3.63) is 0 Å². The molecule has 416 valence electrons. The van der Waals surface area contributed by atoms with Crippen LogP contribution in [0, 0.1) is 11.8 Å². The summed E-state index contributed by atoms with van der Waals surface area (Å²) in [7, 11) is 0. The summed E-state index contributed by atoms with van der Waals surface area (Å²) >= 11 is 0. The molecule has 0 aromatic carbocycles. The standard InChI is InChI=1S/C64H124O6/c1-6-7-8-9-10-11-12-13-14-15-16-17-18-24-29-34-39-44-49-54-62(65)68-57-61(70-64(67)56-51-46-41-36-31-26-21-23-28-33-38-43-48-53-60(4)5)58-69-63(66)55-50-45-40-35-30-25-20-19-22-27-32-37-42-47-52-59(2)3/h59-61H,6-58H2,1-5H3/t61-/m1/s1. The lowest BCUT2D eigenvalue weighted by atomic mass is 10.0. The SMILES string of the molecule is CCCCCCCCCCCCCCCCCCCCCC(=O)OC[C@H](COC(=O)CCCCCCCCCCCCCCCCC(C)C)OC(=O)CCCCCCCCCCCCCCCC(C)C. The van der Waals surface area contributed by atoms with Crippen LogP contribution in [0.25, 0.3) is 0 Å². The van der Waals surface area contributed by atoms with Crippen LogP contribution in [0.4, 0.5) is 0 Å². The van der Waals surface area contributed by atoms with Gasteiger partial charge in [0.05, 0.1) is 0 Å². The van der Waals surface area contributed by atoms with Gasteiger partial charge in [0, 0.05) is 19.3 Å². The molecule has 0 amide bonds. The largest absolute Gasteiger partial charge is 0.462 e. The van der Waals surface area contributed by atoms with Crippen molar-refractivity contribution >= 4 is 17.9 Å². The lowest BCUT2D eigenvalue weighted by Gasteiger charge is -2.18. The van der Waals surface area contributed by atoms with Crippen molar-refractivity contribution in [2.24, 2.45) is 11.8 Å². The monoisotopic (exact) mass is 989 g/mol. The molecule has 0 aliphatic carbocycles. The van der Waals surface area contributed by atoms with E-state index in [9.17, 15) is 14.4 Å². The van der Waals surface area contributed by atoms with Crippen molar-refractivity contribution < 1.29 is 28.6 Å². The van der Waals surface area contributed by atoms with E-state index in [1.807, 2.05) is 0 Å². The van der Waals surface area contributed by atoms with Crippen LogP contribution in [0.2, 0.25) is 0 Å². The van der Waals surface area contributed by atoms with Crippen LogP contribution < -0.4 is 0 Å². The third kappa shape index (κ3) is 57.3. The predicted octanol–water partition coefficient (Wildman–Crippen LogP) is 21.2. The third-order valence-corrected chi connectivity index (χ3v) is 14.7. The fourth-order valence-electron chi connectivity index (χ4n) is 9.93. The molecule has 0 rings (SSSR count). The first kappa shape index (κ1) is 68.4. The second kappa shape index (κ2) is 56.7. The Hall–Kier alpha value is -1.59. The molecular formula is C64H124O6. The summed E-state index contributed by atoms with van der Waals surface area (Å²) in [6.45, 7) is 11.4. The molecule has 0 saturated carbocycles. The van der Waals surface area contributed by atoms with E-state index in [2.05, 4.69) is 34.6 Å². The van der Waals surface area contributed by atoms with E-state index in [4.69, 9.17) is 14.2 Å². The minimum absolute atomic E-state index is 0.0620. The Morgan fingerprint density at radius 2 is 0.471 bits per heavy atom. The summed E-state index contributed by atoms with van der Waals surface area (Å²) in [6.07, 6.45) is 62.4. The van der Waals surface area contributed by atoms with Crippen molar-refractivity contribution in [3.8, 4) is 0 Å². The molecule has 0 radical (unpaired) electrons. The maximum atomic E-state index is 12.9. The van der Waals surface area contributed by atoms with E-state index >= 15 is 0 Å². The average Bonchev–Trinajstić information content (AvgIpc) is 3.33. The van der Waals surface area contributed by atoms with Crippen LogP contribution in [0.1, 0.15) is 362 Å². The molecule has 0 saturated heterocycles. The van der Waals surface area contributed by atoms with Gasteiger partial charge in [-0.25, -0.2) is 0 Å². The van der Waals surface area contributed by atoms with Crippen molar-refractivity contribution in [3.63, 3.8) is 0 Å². The Morgan fingerprint density at radius 1 is 0.271 bits per heavy atom. The van der Waals surface area contributed by atoms with E-state index in [1.54, 1.807) is 0 Å². The highest BCUT2D eigenvalue weighted by Gasteiger charge is 2.19. The lowest BCUT2D eigenvalue weighted by Crippen LogP contribution is -2.30. The molecule has 0 heterocycles. The zero-order chi connectivity index (χ0) is 51.1. The van der Waals surface area contributed by atoms with Crippen molar-refractivity contribution in [1.29, 1.82) is 0 Å². The van der Waals surface area contributed by atoms with Crippen molar-refractivity contribution in [2.75, 3.05) is 13.2 Å². The second-order valence-corrected chi connectivity index (χ2v) is 23.0. The van der Waals surface area contributed by atoms with Gasteiger partial charge in [-0.3, -0.25) is 14.4 Å². The number of ether oxygens (including phenoxy) is 3. The molecule has 6 nitrogen and oxygen atoms in total. The van der Waals surface area contributed by atoms with Gasteiger partial charge in [0.15, 0.2) is 6.10 Å². The van der Waals surface area contributed by atoms with E-state index in [0.717, 1.165) is 69.6 Å². The molecule has 1 atom stereocenters. The first-order chi connectivity index (χ1) is 34.2. The molecular weight excluding hydrogens is 865 g/mol. The molecule has 0 unspecified atom stereocenters. The topological polar surface area (TPSA) is 78.9 Å². The number of hydrogen-bond donors (Lipinski definition) is 0. The highest BCUT2D eigenvalue weighted by molar-refractivity contribution is 5.71. The van der Waals surface area contributed by atoms with Gasteiger partial charge in [0.2, 0.25) is 0 Å². The van der Waals surface area contributed by atoms with E-state index in [1.165, 1.54) is 250 Å². The van der Waals surface area contributed by atoms with E-state index in [0.29, 0.717) is 19.3 Å². The van der Waals surface area contributed by atoms with Gasteiger partial charge in [-0.15, -0.1) is 0 Å². The highest BCUT2D eigenvalue weighted by Crippen LogP contribution is 2.19. The molecule has 6 heteroatoms. The summed E-state index contributed by atoms with van der Waals surface area (Å²) < 4.78 is 17.0. The first-order valence-corrected chi connectivity index (χ1v) is 31.7. The third-order valence-electron chi connectivity index (χ3n) is 14.7. The maximum Gasteiger partial charge on any atom is 0.306 e. The van der Waals surface area contributed by atoms with Crippen LogP contribution in [-0.4, -0.2) is 37.2 Å². The summed E-state index contributed by atoms with van der Waals surface area (Å²) in [5, 5.41) is 0. The van der Waals surface area contributed by atoms with Gasteiger partial charge in [-0.1, -0.05) is 324 Å². The van der Waals surface area contributed by atoms with Crippen LogP contribution >= 0.6 is 0 Å². The number of carbonyl (C=O) groups is 3. The van der Waals surface area contributed by atoms with Crippen LogP contribution in [0.5, 0.6) is 0 Å². The Morgan fingerprint density at radius 3 is 0.700 bits per heavy atom. The summed E-state index contributed by atoms with van der Waals surface area (Å²) in [5.74, 6) is 0.851. The van der Waals surface area contributed by atoms with Gasteiger partial charge in [-0.2, -0.15) is 0 Å². The smallest absolute Gasteiger partial charge is 0.306 e. The Bertz CT molecular complexity index is 1070. The second-order valence-electron chi connectivity index (χ2n) is 23.0. The number of unbranched alkanes of at least 4 members (excludes halogenated alkanes) is 43. The van der Waals surface area contributed by atoms with E-state index < -0.39 is 6.10 Å². The molecule has 0 aromatic rings. The first-order valence-electron chi connectivity index (χ1n) is 31.7. The molecule has 0 aliphatic heterocycles. The molecule has 0 aliphatic rings. The molecule has 0 spiro atoms. The zero-order valence-electron chi connectivity index (χ0n) is 48.2. The van der Waals surface area contributed by atoms with Gasteiger partial charge in [-0.05, 0) is 31.1 Å². The highest BCUT2D eigenvalue weighted by atomic mass is 16.6. The summed E-state index contributed by atoms with van der Waals surface area (Å²) in [5.41, 5.74) is 0.